The molecule has 1 unspecified atom stereocenters. The van der Waals surface area contributed by atoms with Crippen molar-refractivity contribution >= 4 is 50.3 Å². The van der Waals surface area contributed by atoms with Gasteiger partial charge in [0.05, 0.1) is 22.6 Å². The Balaban J connectivity index is 1.15. The molecule has 2 aromatic heterocycles. The molecule has 0 fully saturated rings. The molecular weight excluding hydrogens is 782 g/mol. The average Bonchev–Trinajstić information content (AvgIpc) is 3.59. The molecule has 0 aliphatic carbocycles. The minimum absolute atomic E-state index is 0.0928. The number of aromatic nitrogens is 2. The topological polar surface area (TPSA) is 131 Å². The van der Waals surface area contributed by atoms with Crippen LogP contribution in [0.3, 0.4) is 0 Å². The van der Waals surface area contributed by atoms with Gasteiger partial charge in [-0.1, -0.05) is 59.9 Å². The number of fused-ring (bicyclic) bond motifs is 2. The van der Waals surface area contributed by atoms with Crippen molar-refractivity contribution < 1.29 is 42.1 Å². The molecule has 1 aliphatic rings. The Bertz CT molecular complexity index is 2520. The van der Waals surface area contributed by atoms with Crippen molar-refractivity contribution in [3.8, 4) is 22.6 Å². The Hall–Kier alpha value is -6.28. The first-order valence-electron chi connectivity index (χ1n) is 18.9. The van der Waals surface area contributed by atoms with Crippen LogP contribution in [0.5, 0.6) is 11.5 Å². The third kappa shape index (κ3) is 9.55. The molecule has 0 radical (unpaired) electrons. The fourth-order valence-electron chi connectivity index (χ4n) is 7.04. The molecular formula is C45H41F3N4O6S. The van der Waals surface area contributed by atoms with Crippen molar-refractivity contribution in [1.82, 2.24) is 9.97 Å². The minimum atomic E-state index is -4.66. The fourth-order valence-corrected chi connectivity index (χ4v) is 7.90. The van der Waals surface area contributed by atoms with Crippen molar-refractivity contribution in [3.63, 3.8) is 0 Å². The van der Waals surface area contributed by atoms with Gasteiger partial charge in [-0.15, -0.1) is 0 Å². The molecule has 304 valence electrons. The number of amides is 1. The number of para-hydroxylation sites is 1. The maximum atomic E-state index is 13.9. The van der Waals surface area contributed by atoms with Crippen LogP contribution in [0.1, 0.15) is 70.3 Å². The summed E-state index contributed by atoms with van der Waals surface area (Å²) in [6, 6.07) is 28.4. The quantitative estimate of drug-likeness (QED) is 0.123. The molecule has 2 N–H and O–H groups in total. The Labute approximate surface area is 342 Å². The standard InChI is InChI=1S/C45H41F3N4O6S/c1-26-31(10-8-13-36(26)57-30-17-15-27(16-18-30)23-29(24-39(53)54)45(46,47)48)32-19-20-38(50-40(32)42(56)58-44(2,3)4)52-22-21-28-9-7-11-33(34(28)25-52)41(55)51-43-49-35-12-5-6-14-37(35)59-43/h5-20,29H,21-25H2,1-4H3,(H,53,54)(H,49,51,55). The van der Waals surface area contributed by atoms with E-state index in [1.165, 1.54) is 35.6 Å². The Morgan fingerprint density at radius 3 is 2.36 bits per heavy atom. The van der Waals surface area contributed by atoms with E-state index in [1.807, 2.05) is 66.4 Å². The van der Waals surface area contributed by atoms with Gasteiger partial charge < -0.3 is 19.5 Å². The van der Waals surface area contributed by atoms with E-state index in [-0.39, 0.29) is 11.6 Å². The number of hydrogen-bond acceptors (Lipinski definition) is 9. The van der Waals surface area contributed by atoms with Crippen molar-refractivity contribution in [1.29, 1.82) is 0 Å². The molecule has 14 heteroatoms. The molecule has 0 bridgehead atoms. The second-order valence-corrected chi connectivity index (χ2v) is 16.4. The number of carboxylic acids is 1. The lowest BCUT2D eigenvalue weighted by atomic mass is 9.94. The highest BCUT2D eigenvalue weighted by atomic mass is 32.1. The number of carbonyl (C=O) groups is 3. The molecule has 7 rings (SSSR count). The summed E-state index contributed by atoms with van der Waals surface area (Å²) in [4.78, 5) is 50.1. The molecule has 1 aliphatic heterocycles. The number of pyridine rings is 1. The molecule has 10 nitrogen and oxygen atoms in total. The van der Waals surface area contributed by atoms with Gasteiger partial charge in [-0.2, -0.15) is 13.2 Å². The maximum Gasteiger partial charge on any atom is 0.392 e. The Morgan fingerprint density at radius 2 is 1.64 bits per heavy atom. The maximum absolute atomic E-state index is 13.9. The summed E-state index contributed by atoms with van der Waals surface area (Å²) in [5.74, 6) is -3.09. The number of carbonyl (C=O) groups excluding carboxylic acids is 2. The van der Waals surface area contributed by atoms with Gasteiger partial charge in [-0.25, -0.2) is 14.8 Å². The number of hydrogen-bond donors (Lipinski definition) is 2. The van der Waals surface area contributed by atoms with Crippen LogP contribution in [0, 0.1) is 12.8 Å². The molecule has 6 aromatic rings. The SMILES string of the molecule is Cc1c(Oc2ccc(CC(CC(=O)O)C(F)(F)F)cc2)cccc1-c1ccc(N2CCc3cccc(C(=O)Nc4nc5ccccc5s4)c3C2)nc1C(=O)OC(C)(C)C. The lowest BCUT2D eigenvalue weighted by Crippen LogP contribution is -2.33. The zero-order chi connectivity index (χ0) is 42.1. The van der Waals surface area contributed by atoms with Gasteiger partial charge in [0, 0.05) is 24.2 Å². The van der Waals surface area contributed by atoms with Crippen LogP contribution in [0.15, 0.2) is 97.1 Å². The number of halogens is 3. The number of ether oxygens (including phenoxy) is 2. The number of thiazole rings is 1. The van der Waals surface area contributed by atoms with Gasteiger partial charge in [-0.3, -0.25) is 14.9 Å². The van der Waals surface area contributed by atoms with E-state index >= 15 is 0 Å². The van der Waals surface area contributed by atoms with E-state index in [1.54, 1.807) is 39.0 Å². The highest BCUT2D eigenvalue weighted by Gasteiger charge is 2.40. The first kappa shape index (κ1) is 40.9. The lowest BCUT2D eigenvalue weighted by molar-refractivity contribution is -0.182. The number of alkyl halides is 3. The predicted octanol–water partition coefficient (Wildman–Crippen LogP) is 10.4. The summed E-state index contributed by atoms with van der Waals surface area (Å²) >= 11 is 1.41. The monoisotopic (exact) mass is 822 g/mol. The molecule has 1 amide bonds. The molecule has 0 saturated heterocycles. The van der Waals surface area contributed by atoms with Gasteiger partial charge in [-0.05, 0) is 117 Å². The van der Waals surface area contributed by atoms with Gasteiger partial charge in [0.2, 0.25) is 0 Å². The zero-order valence-corrected chi connectivity index (χ0v) is 33.5. The lowest BCUT2D eigenvalue weighted by Gasteiger charge is -2.31. The summed E-state index contributed by atoms with van der Waals surface area (Å²) in [7, 11) is 0. The second-order valence-electron chi connectivity index (χ2n) is 15.3. The van der Waals surface area contributed by atoms with E-state index in [0.29, 0.717) is 69.8 Å². The molecule has 59 heavy (non-hydrogen) atoms. The number of nitrogens with one attached hydrogen (secondary N) is 1. The normalized spacial score (nSPS) is 13.4. The largest absolute Gasteiger partial charge is 0.481 e. The molecule has 3 heterocycles. The number of carboxylic acid groups (broad SMARTS) is 1. The summed E-state index contributed by atoms with van der Waals surface area (Å²) in [6.45, 7) is 8.12. The number of benzene rings is 4. The van der Waals surface area contributed by atoms with E-state index in [9.17, 15) is 27.6 Å². The first-order chi connectivity index (χ1) is 28.0. The van der Waals surface area contributed by atoms with Crippen LogP contribution in [0.2, 0.25) is 0 Å². The van der Waals surface area contributed by atoms with Gasteiger partial charge >= 0.3 is 18.1 Å². The average molecular weight is 823 g/mol. The van der Waals surface area contributed by atoms with E-state index < -0.39 is 42.5 Å². The van der Waals surface area contributed by atoms with E-state index in [0.717, 1.165) is 21.3 Å². The smallest absolute Gasteiger partial charge is 0.392 e. The van der Waals surface area contributed by atoms with Crippen molar-refractivity contribution in [2.45, 2.75) is 65.3 Å². The summed E-state index contributed by atoms with van der Waals surface area (Å²) < 4.78 is 53.4. The van der Waals surface area contributed by atoms with Crippen LogP contribution in [0.4, 0.5) is 24.1 Å². The summed E-state index contributed by atoms with van der Waals surface area (Å²) in [5.41, 5.74) is 4.67. The van der Waals surface area contributed by atoms with Gasteiger partial charge in [0.1, 0.15) is 22.9 Å². The first-order valence-corrected chi connectivity index (χ1v) is 19.8. The fraction of sp³-hybridized carbons (Fsp3) is 0.267. The van der Waals surface area contributed by atoms with Crippen LogP contribution >= 0.6 is 11.3 Å². The van der Waals surface area contributed by atoms with Gasteiger partial charge in [0.15, 0.2) is 10.8 Å². The van der Waals surface area contributed by atoms with Crippen LogP contribution in [0.25, 0.3) is 21.3 Å². The number of esters is 1. The summed E-state index contributed by atoms with van der Waals surface area (Å²) in [5, 5.41) is 12.5. The number of nitrogens with zero attached hydrogens (tertiary/aromatic N) is 3. The van der Waals surface area contributed by atoms with Crippen molar-refractivity contribution in [3.05, 3.63) is 131 Å². The minimum Gasteiger partial charge on any atom is -0.481 e. The number of aliphatic carboxylic acids is 1. The van der Waals surface area contributed by atoms with Crippen LogP contribution < -0.4 is 15.0 Å². The zero-order valence-electron chi connectivity index (χ0n) is 32.7. The third-order valence-electron chi connectivity index (χ3n) is 9.92. The molecule has 0 saturated carbocycles. The van der Waals surface area contributed by atoms with E-state index in [2.05, 4.69) is 10.3 Å². The van der Waals surface area contributed by atoms with Gasteiger partial charge in [0.25, 0.3) is 5.91 Å². The summed E-state index contributed by atoms with van der Waals surface area (Å²) in [6.07, 6.45) is -5.51. The second kappa shape index (κ2) is 16.5. The highest BCUT2D eigenvalue weighted by Crippen LogP contribution is 2.38. The number of rotatable bonds is 11. The van der Waals surface area contributed by atoms with Crippen molar-refractivity contribution in [2.24, 2.45) is 5.92 Å². The molecule has 1 atom stereocenters. The third-order valence-corrected chi connectivity index (χ3v) is 10.9. The number of anilines is 2. The Kier molecular flexibility index (Phi) is 11.5. The highest BCUT2D eigenvalue weighted by molar-refractivity contribution is 7.22. The molecule has 4 aromatic carbocycles. The van der Waals surface area contributed by atoms with Crippen LogP contribution in [-0.2, 0) is 28.9 Å². The van der Waals surface area contributed by atoms with Crippen LogP contribution in [-0.4, -0.2) is 51.2 Å². The molecule has 0 spiro atoms. The van der Waals surface area contributed by atoms with E-state index in [4.69, 9.17) is 19.6 Å². The van der Waals surface area contributed by atoms with Crippen molar-refractivity contribution in [2.75, 3.05) is 16.8 Å². The predicted molar refractivity (Wildman–Crippen MR) is 220 cm³/mol. The Morgan fingerprint density at radius 1 is 0.898 bits per heavy atom.